The second-order valence-electron chi connectivity index (χ2n) is 14.1. The van der Waals surface area contributed by atoms with E-state index in [-0.39, 0.29) is 0 Å². The zero-order chi connectivity index (χ0) is 35.5. The molecule has 0 spiro atoms. The molecular weight excluding hydrogens is 623 g/mol. The van der Waals surface area contributed by atoms with Gasteiger partial charge in [0.15, 0.2) is 0 Å². The van der Waals surface area contributed by atoms with E-state index < -0.39 is 0 Å². The molecule has 52 heavy (non-hydrogen) atoms. The SMILES string of the molecule is Bc1c(B)c(B)c(-c2ccccc2-c2c3ccccc3c(-c3cccc(-c4nc5ccccc5n4-c4ccccc4)c3)c3ccccc23)c(B)c1B. The van der Waals surface area contributed by atoms with E-state index in [1.807, 2.05) is 0 Å². The molecule has 0 saturated carbocycles. The molecule has 0 aliphatic rings. The highest BCUT2D eigenvalue weighted by molar-refractivity contribution is 6.68. The van der Waals surface area contributed by atoms with Crippen molar-refractivity contribution in [1.82, 2.24) is 9.55 Å². The molecule has 0 amide bonds. The van der Waals surface area contributed by atoms with E-state index in [0.717, 1.165) is 28.1 Å². The normalized spacial score (nSPS) is 11.5. The van der Waals surface area contributed by atoms with Gasteiger partial charge in [0.2, 0.25) is 0 Å². The summed E-state index contributed by atoms with van der Waals surface area (Å²) in [6.07, 6.45) is 0. The molecule has 0 unspecified atom stereocenters. The third kappa shape index (κ3) is 4.99. The van der Waals surface area contributed by atoms with Crippen molar-refractivity contribution >= 4 is 99.1 Å². The summed E-state index contributed by atoms with van der Waals surface area (Å²) in [6.45, 7) is 0. The molecule has 7 heteroatoms. The fraction of sp³-hybridized carbons (Fsp3) is 0. The smallest absolute Gasteiger partial charge is 0.145 e. The predicted molar refractivity (Wildman–Crippen MR) is 239 cm³/mol. The minimum Gasteiger partial charge on any atom is -0.292 e. The van der Waals surface area contributed by atoms with Gasteiger partial charge in [0.25, 0.3) is 0 Å². The Morgan fingerprint density at radius 1 is 0.385 bits per heavy atom. The van der Waals surface area contributed by atoms with E-state index in [9.17, 15) is 0 Å². The van der Waals surface area contributed by atoms with E-state index in [1.54, 1.807) is 0 Å². The molecule has 1 aromatic heterocycles. The number of benzene rings is 8. The van der Waals surface area contributed by atoms with Gasteiger partial charge in [0.05, 0.1) is 11.0 Å². The summed E-state index contributed by atoms with van der Waals surface area (Å²) in [4.78, 5) is 5.21. The quantitative estimate of drug-likeness (QED) is 0.205. The van der Waals surface area contributed by atoms with Crippen LogP contribution in [0.2, 0.25) is 0 Å². The Balaban J connectivity index is 1.32. The summed E-state index contributed by atoms with van der Waals surface area (Å²) in [5, 5.41) is 4.98. The van der Waals surface area contributed by atoms with Gasteiger partial charge >= 0.3 is 0 Å². The van der Waals surface area contributed by atoms with Crippen LogP contribution in [0.25, 0.3) is 83.0 Å². The van der Waals surface area contributed by atoms with Gasteiger partial charge in [-0.15, -0.1) is 16.4 Å². The van der Waals surface area contributed by atoms with Crippen molar-refractivity contribution in [2.45, 2.75) is 0 Å². The minimum absolute atomic E-state index is 0.933. The van der Waals surface area contributed by atoms with Crippen LogP contribution in [0, 0.1) is 0 Å². The van der Waals surface area contributed by atoms with E-state index in [4.69, 9.17) is 4.98 Å². The minimum atomic E-state index is 0.933. The van der Waals surface area contributed by atoms with Crippen molar-refractivity contribution in [2.24, 2.45) is 0 Å². The molecule has 8 aromatic carbocycles. The van der Waals surface area contributed by atoms with Gasteiger partial charge in [-0.1, -0.05) is 132 Å². The average Bonchev–Trinajstić information content (AvgIpc) is 3.59. The predicted octanol–water partition coefficient (Wildman–Crippen LogP) is 3.29. The lowest BCUT2D eigenvalue weighted by Crippen LogP contribution is -2.55. The Morgan fingerprint density at radius 2 is 0.865 bits per heavy atom. The molecule has 0 N–H and O–H groups in total. The summed E-state index contributed by atoms with van der Waals surface area (Å²) in [6, 6.07) is 54.9. The Bertz CT molecular complexity index is 2770. The fourth-order valence-electron chi connectivity index (χ4n) is 8.42. The molecule has 0 aliphatic carbocycles. The van der Waals surface area contributed by atoms with Gasteiger partial charge in [-0.3, -0.25) is 4.57 Å². The van der Waals surface area contributed by atoms with Crippen molar-refractivity contribution in [3.8, 4) is 50.5 Å². The van der Waals surface area contributed by atoms with Crippen molar-refractivity contribution in [3.05, 3.63) is 152 Å². The number of rotatable bonds is 5. The number of fused-ring (bicyclic) bond motifs is 3. The first kappa shape index (κ1) is 32.0. The Hall–Kier alpha value is -5.93. The van der Waals surface area contributed by atoms with Crippen LogP contribution >= 0.6 is 0 Å². The number of hydrogen-bond acceptors (Lipinski definition) is 1. The molecule has 0 aliphatic heterocycles. The second-order valence-corrected chi connectivity index (χ2v) is 14.1. The van der Waals surface area contributed by atoms with Crippen molar-refractivity contribution in [3.63, 3.8) is 0 Å². The van der Waals surface area contributed by atoms with Gasteiger partial charge in [0.1, 0.15) is 45.1 Å². The van der Waals surface area contributed by atoms with Gasteiger partial charge < -0.3 is 0 Å². The van der Waals surface area contributed by atoms with Crippen LogP contribution in [0.3, 0.4) is 0 Å². The third-order valence-corrected chi connectivity index (χ3v) is 11.4. The van der Waals surface area contributed by atoms with Crippen molar-refractivity contribution in [1.29, 1.82) is 0 Å². The largest absolute Gasteiger partial charge is 0.292 e. The molecule has 1 heterocycles. The standard InChI is InChI=1S/C45H35B5N2/c46-40-39(41(47)43(49)44(50)42(40)48)34-22-9-8-21-33(34)38-31-19-6-4-17-29(31)37(30-18-5-7-20-32(30)38)26-13-12-14-27(25-26)45-51-35-23-10-11-24-36(35)52(45)28-15-2-1-3-16-28/h1-25H,46-50H2. The molecule has 240 valence electrons. The first-order valence-electron chi connectivity index (χ1n) is 18.2. The Labute approximate surface area is 309 Å². The third-order valence-electron chi connectivity index (χ3n) is 11.4. The van der Waals surface area contributed by atoms with Crippen LogP contribution in [0.15, 0.2) is 152 Å². The van der Waals surface area contributed by atoms with E-state index >= 15 is 0 Å². The maximum atomic E-state index is 5.21. The number of para-hydroxylation sites is 3. The highest BCUT2D eigenvalue weighted by atomic mass is 15.1. The number of imidazole rings is 1. The number of aromatic nitrogens is 2. The summed E-state index contributed by atoms with van der Waals surface area (Å²) in [7, 11) is 11.4. The van der Waals surface area contributed by atoms with Gasteiger partial charge in [0, 0.05) is 11.3 Å². The van der Waals surface area contributed by atoms with Crippen LogP contribution < -0.4 is 27.3 Å². The molecule has 0 atom stereocenters. The lowest BCUT2D eigenvalue weighted by atomic mass is 9.59. The zero-order valence-electron chi connectivity index (χ0n) is 30.3. The van der Waals surface area contributed by atoms with E-state index in [0.29, 0.717) is 0 Å². The molecule has 0 radical (unpaired) electrons. The summed E-state index contributed by atoms with van der Waals surface area (Å²) >= 11 is 0. The van der Waals surface area contributed by atoms with Gasteiger partial charge in [-0.05, 0) is 85.3 Å². The molecular formula is C45H35B5N2. The maximum absolute atomic E-state index is 5.21. The van der Waals surface area contributed by atoms with Crippen LogP contribution in [0.5, 0.6) is 0 Å². The summed E-state index contributed by atoms with van der Waals surface area (Å²) in [5.41, 5.74) is 18.7. The highest BCUT2D eigenvalue weighted by Crippen LogP contribution is 2.46. The Morgan fingerprint density at radius 3 is 1.50 bits per heavy atom. The average molecular weight is 658 g/mol. The van der Waals surface area contributed by atoms with Gasteiger partial charge in [-0.2, -0.15) is 0 Å². The first-order valence-corrected chi connectivity index (χ1v) is 18.2. The molecule has 9 aromatic rings. The number of hydrogen-bond donors (Lipinski definition) is 0. The molecule has 0 saturated heterocycles. The monoisotopic (exact) mass is 658 g/mol. The lowest BCUT2D eigenvalue weighted by Gasteiger charge is -2.24. The van der Waals surface area contributed by atoms with Crippen LogP contribution in [0.4, 0.5) is 0 Å². The fourth-order valence-corrected chi connectivity index (χ4v) is 8.42. The Kier molecular flexibility index (Phi) is 7.81. The molecule has 9 rings (SSSR count). The first-order chi connectivity index (χ1) is 25.4. The second kappa shape index (κ2) is 12.7. The molecule has 0 bridgehead atoms. The lowest BCUT2D eigenvalue weighted by molar-refractivity contribution is 1.10. The summed E-state index contributed by atoms with van der Waals surface area (Å²) < 4.78 is 2.28. The summed E-state index contributed by atoms with van der Waals surface area (Å²) in [5.74, 6) is 0.933. The molecule has 2 nitrogen and oxygen atoms in total. The topological polar surface area (TPSA) is 17.8 Å². The molecule has 0 fully saturated rings. The number of nitrogens with zero attached hydrogens (tertiary/aromatic N) is 2. The zero-order valence-corrected chi connectivity index (χ0v) is 30.3. The van der Waals surface area contributed by atoms with E-state index in [1.165, 1.54) is 82.2 Å². The maximum Gasteiger partial charge on any atom is 0.145 e. The van der Waals surface area contributed by atoms with Crippen LogP contribution in [-0.4, -0.2) is 48.8 Å². The van der Waals surface area contributed by atoms with Crippen molar-refractivity contribution in [2.75, 3.05) is 0 Å². The van der Waals surface area contributed by atoms with Crippen LogP contribution in [-0.2, 0) is 0 Å². The highest BCUT2D eigenvalue weighted by Gasteiger charge is 2.22. The van der Waals surface area contributed by atoms with Crippen LogP contribution in [0.1, 0.15) is 0 Å². The van der Waals surface area contributed by atoms with Gasteiger partial charge in [-0.25, -0.2) is 4.98 Å². The van der Waals surface area contributed by atoms with E-state index in [2.05, 4.69) is 195 Å². The van der Waals surface area contributed by atoms with Crippen molar-refractivity contribution < 1.29 is 0 Å².